The zero-order valence-electron chi connectivity index (χ0n) is 14.2. The zero-order chi connectivity index (χ0) is 15.0. The Hall–Kier alpha value is -0.530. The van der Waals surface area contributed by atoms with E-state index >= 15 is 0 Å². The standard InChI is InChI=1S/C18H33NO/c1-14(2)16(20)19-12-10-18(11-13-19)8-6-15(7-9-18)17(3,4)5/h14-15H,6-13H2,1-5H3. The number of carbonyl (C=O) groups is 1. The van der Waals surface area contributed by atoms with Gasteiger partial charge in [-0.05, 0) is 55.3 Å². The van der Waals surface area contributed by atoms with Crippen molar-refractivity contribution >= 4 is 5.91 Å². The van der Waals surface area contributed by atoms with Crippen molar-refractivity contribution in [2.45, 2.75) is 73.1 Å². The highest BCUT2D eigenvalue weighted by molar-refractivity contribution is 5.78. The minimum atomic E-state index is 0.153. The number of likely N-dealkylation sites (tertiary alicyclic amines) is 1. The molecule has 2 nitrogen and oxygen atoms in total. The lowest BCUT2D eigenvalue weighted by Gasteiger charge is -2.48. The summed E-state index contributed by atoms with van der Waals surface area (Å²) < 4.78 is 0. The average Bonchev–Trinajstić information content (AvgIpc) is 2.38. The molecule has 1 amide bonds. The minimum Gasteiger partial charge on any atom is -0.342 e. The van der Waals surface area contributed by atoms with Gasteiger partial charge in [0.1, 0.15) is 0 Å². The molecule has 1 saturated carbocycles. The summed E-state index contributed by atoms with van der Waals surface area (Å²) in [6.45, 7) is 13.2. The predicted molar refractivity (Wildman–Crippen MR) is 84.5 cm³/mol. The van der Waals surface area contributed by atoms with E-state index in [0.717, 1.165) is 19.0 Å². The van der Waals surface area contributed by atoms with Crippen LogP contribution in [0.15, 0.2) is 0 Å². The Morgan fingerprint density at radius 2 is 1.55 bits per heavy atom. The first-order chi connectivity index (χ1) is 9.23. The van der Waals surface area contributed by atoms with E-state index in [9.17, 15) is 4.79 Å². The number of carbonyl (C=O) groups excluding carboxylic acids is 1. The van der Waals surface area contributed by atoms with Crippen molar-refractivity contribution in [3.63, 3.8) is 0 Å². The first-order valence-corrected chi connectivity index (χ1v) is 8.52. The third kappa shape index (κ3) is 3.38. The van der Waals surface area contributed by atoms with Gasteiger partial charge in [-0.3, -0.25) is 4.79 Å². The molecule has 1 aliphatic carbocycles. The Labute approximate surface area is 125 Å². The minimum absolute atomic E-state index is 0.153. The molecule has 1 saturated heterocycles. The van der Waals surface area contributed by atoms with Gasteiger partial charge in [0.2, 0.25) is 5.91 Å². The van der Waals surface area contributed by atoms with Crippen molar-refractivity contribution in [3.8, 4) is 0 Å². The van der Waals surface area contributed by atoms with Crippen molar-refractivity contribution in [1.29, 1.82) is 0 Å². The van der Waals surface area contributed by atoms with Gasteiger partial charge < -0.3 is 4.90 Å². The lowest BCUT2D eigenvalue weighted by molar-refractivity contribution is -0.137. The van der Waals surface area contributed by atoms with Gasteiger partial charge in [0, 0.05) is 19.0 Å². The Kier molecular flexibility index (Phi) is 4.51. The molecular weight excluding hydrogens is 246 g/mol. The Morgan fingerprint density at radius 3 is 1.95 bits per heavy atom. The maximum absolute atomic E-state index is 12.1. The molecule has 1 heterocycles. The average molecular weight is 279 g/mol. The van der Waals surface area contributed by atoms with Crippen LogP contribution in [0, 0.1) is 22.7 Å². The van der Waals surface area contributed by atoms with Crippen LogP contribution in [0.5, 0.6) is 0 Å². The lowest BCUT2D eigenvalue weighted by Crippen LogP contribution is -2.46. The van der Waals surface area contributed by atoms with E-state index in [1.165, 1.54) is 38.5 Å². The summed E-state index contributed by atoms with van der Waals surface area (Å²) in [6, 6.07) is 0. The molecule has 0 aromatic rings. The quantitative estimate of drug-likeness (QED) is 0.692. The van der Waals surface area contributed by atoms with E-state index in [-0.39, 0.29) is 5.92 Å². The summed E-state index contributed by atoms with van der Waals surface area (Å²) in [5.41, 5.74) is 1.03. The van der Waals surface area contributed by atoms with Gasteiger partial charge in [-0.15, -0.1) is 0 Å². The first kappa shape index (κ1) is 15.9. The van der Waals surface area contributed by atoms with Crippen LogP contribution >= 0.6 is 0 Å². The first-order valence-electron chi connectivity index (χ1n) is 8.52. The van der Waals surface area contributed by atoms with Gasteiger partial charge in [0.25, 0.3) is 0 Å². The molecule has 0 N–H and O–H groups in total. The van der Waals surface area contributed by atoms with E-state index in [1.54, 1.807) is 0 Å². The molecule has 1 spiro atoms. The van der Waals surface area contributed by atoms with E-state index < -0.39 is 0 Å². The van der Waals surface area contributed by atoms with Crippen molar-refractivity contribution < 1.29 is 4.79 Å². The van der Waals surface area contributed by atoms with Gasteiger partial charge in [-0.25, -0.2) is 0 Å². The molecule has 0 unspecified atom stereocenters. The van der Waals surface area contributed by atoms with E-state index in [2.05, 4.69) is 25.7 Å². The fourth-order valence-corrected chi connectivity index (χ4v) is 4.16. The second kappa shape index (κ2) is 5.69. The molecule has 0 bridgehead atoms. The number of amides is 1. The maximum Gasteiger partial charge on any atom is 0.225 e. The Balaban J connectivity index is 1.87. The van der Waals surface area contributed by atoms with Crippen LogP contribution in [-0.2, 0) is 4.79 Å². The molecule has 0 radical (unpaired) electrons. The molecule has 20 heavy (non-hydrogen) atoms. The van der Waals surface area contributed by atoms with Gasteiger partial charge in [0.05, 0.1) is 0 Å². The molecule has 2 rings (SSSR count). The fourth-order valence-electron chi connectivity index (χ4n) is 4.16. The summed E-state index contributed by atoms with van der Waals surface area (Å²) in [5, 5.41) is 0. The SMILES string of the molecule is CC(C)C(=O)N1CCC2(CCC(C(C)(C)C)CC2)CC1. The molecule has 0 aromatic heterocycles. The molecule has 0 aromatic carbocycles. The molecule has 0 atom stereocenters. The van der Waals surface area contributed by atoms with Crippen molar-refractivity contribution in [2.24, 2.45) is 22.7 Å². The van der Waals surface area contributed by atoms with Crippen molar-refractivity contribution in [3.05, 3.63) is 0 Å². The topological polar surface area (TPSA) is 20.3 Å². The van der Waals surface area contributed by atoms with Gasteiger partial charge >= 0.3 is 0 Å². The molecule has 2 heteroatoms. The molecular formula is C18H33NO. The Morgan fingerprint density at radius 1 is 1.05 bits per heavy atom. The highest BCUT2D eigenvalue weighted by atomic mass is 16.2. The second-order valence-electron chi connectivity index (χ2n) is 8.62. The zero-order valence-corrected chi connectivity index (χ0v) is 14.2. The maximum atomic E-state index is 12.1. The highest BCUT2D eigenvalue weighted by Crippen LogP contribution is 2.50. The predicted octanol–water partition coefficient (Wildman–Crippen LogP) is 4.49. The smallest absolute Gasteiger partial charge is 0.225 e. The highest BCUT2D eigenvalue weighted by Gasteiger charge is 2.41. The summed E-state index contributed by atoms with van der Waals surface area (Å²) in [7, 11) is 0. The van der Waals surface area contributed by atoms with Crippen molar-refractivity contribution in [2.75, 3.05) is 13.1 Å². The summed E-state index contributed by atoms with van der Waals surface area (Å²) in [5.74, 6) is 1.40. The van der Waals surface area contributed by atoms with Crippen LogP contribution in [0.2, 0.25) is 0 Å². The number of hydrogen-bond acceptors (Lipinski definition) is 1. The van der Waals surface area contributed by atoms with Crippen LogP contribution in [-0.4, -0.2) is 23.9 Å². The molecule has 2 fully saturated rings. The van der Waals surface area contributed by atoms with E-state index in [1.807, 2.05) is 13.8 Å². The number of hydrogen-bond donors (Lipinski definition) is 0. The number of nitrogens with zero attached hydrogens (tertiary/aromatic N) is 1. The second-order valence-corrected chi connectivity index (χ2v) is 8.62. The van der Waals surface area contributed by atoms with Crippen LogP contribution in [0.25, 0.3) is 0 Å². The van der Waals surface area contributed by atoms with Crippen LogP contribution < -0.4 is 0 Å². The van der Waals surface area contributed by atoms with Crippen LogP contribution in [0.3, 0.4) is 0 Å². The number of piperidine rings is 1. The van der Waals surface area contributed by atoms with Crippen LogP contribution in [0.4, 0.5) is 0 Å². The molecule has 1 aliphatic heterocycles. The summed E-state index contributed by atoms with van der Waals surface area (Å²) >= 11 is 0. The lowest BCUT2D eigenvalue weighted by atomic mass is 9.61. The van der Waals surface area contributed by atoms with E-state index in [4.69, 9.17) is 0 Å². The summed E-state index contributed by atoms with van der Waals surface area (Å²) in [6.07, 6.45) is 8.03. The summed E-state index contributed by atoms with van der Waals surface area (Å²) in [4.78, 5) is 14.2. The third-order valence-corrected chi connectivity index (χ3v) is 5.90. The van der Waals surface area contributed by atoms with Gasteiger partial charge in [0.15, 0.2) is 0 Å². The van der Waals surface area contributed by atoms with Gasteiger partial charge in [-0.1, -0.05) is 34.6 Å². The molecule has 2 aliphatic rings. The van der Waals surface area contributed by atoms with Crippen molar-refractivity contribution in [1.82, 2.24) is 4.90 Å². The number of rotatable bonds is 1. The van der Waals surface area contributed by atoms with E-state index in [0.29, 0.717) is 16.7 Å². The normalized spacial score (nSPS) is 24.4. The molecule has 116 valence electrons. The van der Waals surface area contributed by atoms with Crippen LogP contribution in [0.1, 0.15) is 73.1 Å². The monoisotopic (exact) mass is 279 g/mol. The largest absolute Gasteiger partial charge is 0.342 e. The third-order valence-electron chi connectivity index (χ3n) is 5.90. The fraction of sp³-hybridized carbons (Fsp3) is 0.944. The Bertz CT molecular complexity index is 335. The van der Waals surface area contributed by atoms with Gasteiger partial charge in [-0.2, -0.15) is 0 Å².